The summed E-state index contributed by atoms with van der Waals surface area (Å²) in [5, 5.41) is 8.57. The summed E-state index contributed by atoms with van der Waals surface area (Å²) < 4.78 is 19.5. The first-order chi connectivity index (χ1) is 9.47. The molecule has 0 unspecified atom stereocenters. The molecule has 0 aromatic carbocycles. The van der Waals surface area contributed by atoms with E-state index in [1.54, 1.807) is 4.57 Å². The van der Waals surface area contributed by atoms with Crippen molar-refractivity contribution in [3.05, 3.63) is 28.3 Å². The van der Waals surface area contributed by atoms with Crippen LogP contribution in [0.3, 0.4) is 0 Å². The molecule has 1 fully saturated rings. The van der Waals surface area contributed by atoms with Crippen LogP contribution >= 0.6 is 0 Å². The van der Waals surface area contributed by atoms with Crippen molar-refractivity contribution in [3.8, 4) is 5.75 Å². The van der Waals surface area contributed by atoms with Gasteiger partial charge in [0.15, 0.2) is 17.4 Å². The number of carboxylic acid groups (broad SMARTS) is 1. The molecule has 3 rings (SSSR count). The monoisotopic (exact) mass is 279 g/mol. The van der Waals surface area contributed by atoms with Crippen molar-refractivity contribution in [2.24, 2.45) is 0 Å². The topological polar surface area (TPSA) is 107 Å². The number of aromatic nitrogens is 2. The van der Waals surface area contributed by atoms with Crippen molar-refractivity contribution < 1.29 is 19.0 Å². The Hall–Kier alpha value is -2.64. The highest BCUT2D eigenvalue weighted by Crippen LogP contribution is 2.37. The number of anilines is 1. The summed E-state index contributed by atoms with van der Waals surface area (Å²) in [7, 11) is 0. The van der Waals surface area contributed by atoms with Crippen molar-refractivity contribution in [1.82, 2.24) is 9.55 Å². The summed E-state index contributed by atoms with van der Waals surface area (Å²) in [6.45, 7) is 0. The van der Waals surface area contributed by atoms with Crippen LogP contribution in [0, 0.1) is 5.82 Å². The lowest BCUT2D eigenvalue weighted by molar-refractivity contribution is 0.143. The molecule has 104 valence electrons. The number of nitrogen functional groups attached to an aromatic ring is 1. The van der Waals surface area contributed by atoms with E-state index in [-0.39, 0.29) is 28.6 Å². The number of hydrogen-bond acceptors (Lipinski definition) is 5. The lowest BCUT2D eigenvalue weighted by Gasteiger charge is -2.11. The largest absolute Gasteiger partial charge is 0.511 e. The van der Waals surface area contributed by atoms with Crippen molar-refractivity contribution in [1.29, 1.82) is 0 Å². The molecule has 20 heavy (non-hydrogen) atoms. The van der Waals surface area contributed by atoms with Crippen LogP contribution in [0.15, 0.2) is 17.1 Å². The molecule has 7 nitrogen and oxygen atoms in total. The maximum absolute atomic E-state index is 13.5. The van der Waals surface area contributed by atoms with Gasteiger partial charge in [-0.3, -0.25) is 4.79 Å². The molecule has 3 N–H and O–H groups in total. The van der Waals surface area contributed by atoms with Gasteiger partial charge in [0.2, 0.25) is 5.43 Å². The van der Waals surface area contributed by atoms with E-state index in [1.807, 2.05) is 0 Å². The fraction of sp³-hybridized carbons (Fsp3) is 0.250. The quantitative estimate of drug-likeness (QED) is 0.807. The average Bonchev–Trinajstić information content (AvgIpc) is 3.19. The molecule has 1 aliphatic rings. The normalized spacial score (nSPS) is 14.4. The highest BCUT2D eigenvalue weighted by molar-refractivity contribution is 5.79. The standard InChI is InChI=1S/C12H10FN3O4/c13-7-3-6-9(17)8(20-12(18)19)4-16(5-1-2-5)11(6)15-10(7)14/h3-5H,1-2H2,(H2,14,15)(H,18,19). The number of pyridine rings is 2. The molecular formula is C12H10FN3O4. The number of carbonyl (C=O) groups is 1. The summed E-state index contributed by atoms with van der Waals surface area (Å²) in [6, 6.07) is 1.04. The predicted molar refractivity (Wildman–Crippen MR) is 67.3 cm³/mol. The summed E-state index contributed by atoms with van der Waals surface area (Å²) in [4.78, 5) is 26.5. The Labute approximate surface area is 111 Å². The minimum atomic E-state index is -1.60. The number of ether oxygens (including phenoxy) is 1. The van der Waals surface area contributed by atoms with Gasteiger partial charge in [-0.1, -0.05) is 0 Å². The molecule has 2 heterocycles. The van der Waals surface area contributed by atoms with E-state index < -0.39 is 17.4 Å². The summed E-state index contributed by atoms with van der Waals surface area (Å²) >= 11 is 0. The van der Waals surface area contributed by atoms with Gasteiger partial charge in [0.05, 0.1) is 11.6 Å². The molecule has 2 aromatic heterocycles. The van der Waals surface area contributed by atoms with E-state index >= 15 is 0 Å². The van der Waals surface area contributed by atoms with E-state index in [4.69, 9.17) is 10.8 Å². The number of halogens is 1. The number of nitrogens with zero attached hydrogens (tertiary/aromatic N) is 2. The van der Waals surface area contributed by atoms with Gasteiger partial charge >= 0.3 is 6.16 Å². The molecule has 8 heteroatoms. The Bertz CT molecular complexity index is 782. The second kappa shape index (κ2) is 4.19. The first-order valence-electron chi connectivity index (χ1n) is 5.89. The zero-order chi connectivity index (χ0) is 14.4. The third-order valence-corrected chi connectivity index (χ3v) is 3.09. The van der Waals surface area contributed by atoms with E-state index in [0.717, 1.165) is 18.9 Å². The molecule has 0 saturated heterocycles. The third kappa shape index (κ3) is 1.94. The molecule has 1 saturated carbocycles. The average molecular weight is 279 g/mol. The first kappa shape index (κ1) is 12.4. The van der Waals surface area contributed by atoms with Crippen LogP contribution in [0.2, 0.25) is 0 Å². The molecule has 0 spiro atoms. The number of hydrogen-bond donors (Lipinski definition) is 2. The maximum atomic E-state index is 13.5. The van der Waals surface area contributed by atoms with Crippen molar-refractivity contribution in [3.63, 3.8) is 0 Å². The van der Waals surface area contributed by atoms with Gasteiger partial charge in [0.1, 0.15) is 5.65 Å². The smallest absolute Gasteiger partial charge is 0.449 e. The summed E-state index contributed by atoms with van der Waals surface area (Å²) in [5.74, 6) is -1.51. The Morgan fingerprint density at radius 1 is 1.55 bits per heavy atom. The van der Waals surface area contributed by atoms with Gasteiger partial charge in [0.25, 0.3) is 0 Å². The zero-order valence-corrected chi connectivity index (χ0v) is 10.2. The third-order valence-electron chi connectivity index (χ3n) is 3.09. The highest BCUT2D eigenvalue weighted by Gasteiger charge is 2.27. The van der Waals surface area contributed by atoms with E-state index in [9.17, 15) is 14.0 Å². The van der Waals surface area contributed by atoms with Crippen LogP contribution in [0.4, 0.5) is 15.0 Å². The van der Waals surface area contributed by atoms with Crippen LogP contribution < -0.4 is 15.9 Å². The lowest BCUT2D eigenvalue weighted by atomic mass is 10.2. The molecular weight excluding hydrogens is 269 g/mol. The van der Waals surface area contributed by atoms with Gasteiger partial charge in [-0.25, -0.2) is 14.2 Å². The van der Waals surface area contributed by atoms with E-state index in [1.165, 1.54) is 6.20 Å². The van der Waals surface area contributed by atoms with Crippen molar-refractivity contribution in [2.75, 3.05) is 5.73 Å². The van der Waals surface area contributed by atoms with Crippen LogP contribution in [0.25, 0.3) is 11.0 Å². The summed E-state index contributed by atoms with van der Waals surface area (Å²) in [5.41, 5.74) is 4.92. The fourth-order valence-corrected chi connectivity index (χ4v) is 2.03. The van der Waals surface area contributed by atoms with E-state index in [0.29, 0.717) is 0 Å². The first-order valence-corrected chi connectivity index (χ1v) is 5.89. The Morgan fingerprint density at radius 3 is 2.85 bits per heavy atom. The second-order valence-electron chi connectivity index (χ2n) is 4.56. The molecule has 0 radical (unpaired) electrons. The number of nitrogens with two attached hydrogens (primary N) is 1. The molecule has 0 atom stereocenters. The zero-order valence-electron chi connectivity index (χ0n) is 10.2. The molecule has 0 amide bonds. The minimum Gasteiger partial charge on any atom is -0.449 e. The second-order valence-corrected chi connectivity index (χ2v) is 4.56. The van der Waals surface area contributed by atoms with Gasteiger partial charge in [0, 0.05) is 6.04 Å². The Balaban J connectivity index is 2.33. The fourth-order valence-electron chi connectivity index (χ4n) is 2.03. The van der Waals surface area contributed by atoms with E-state index in [2.05, 4.69) is 9.72 Å². The SMILES string of the molecule is Nc1nc2c(cc1F)c(=O)c(OC(=O)O)cn2C1CC1. The lowest BCUT2D eigenvalue weighted by Crippen LogP contribution is -2.17. The van der Waals surface area contributed by atoms with Gasteiger partial charge in [-0.05, 0) is 18.9 Å². The van der Waals surface area contributed by atoms with Gasteiger partial charge in [-0.15, -0.1) is 0 Å². The molecule has 0 bridgehead atoms. The Kier molecular flexibility index (Phi) is 2.60. The number of rotatable bonds is 2. The Morgan fingerprint density at radius 2 is 2.25 bits per heavy atom. The number of fused-ring (bicyclic) bond motifs is 1. The minimum absolute atomic E-state index is 0.0534. The van der Waals surface area contributed by atoms with Crippen molar-refractivity contribution in [2.45, 2.75) is 18.9 Å². The molecule has 0 aliphatic heterocycles. The van der Waals surface area contributed by atoms with Gasteiger partial charge < -0.3 is 20.1 Å². The van der Waals surface area contributed by atoms with Crippen LogP contribution in [0.1, 0.15) is 18.9 Å². The van der Waals surface area contributed by atoms with Crippen LogP contribution in [0.5, 0.6) is 5.75 Å². The van der Waals surface area contributed by atoms with Gasteiger partial charge in [-0.2, -0.15) is 0 Å². The summed E-state index contributed by atoms with van der Waals surface area (Å²) in [6.07, 6.45) is 1.40. The van der Waals surface area contributed by atoms with Crippen LogP contribution in [-0.2, 0) is 0 Å². The molecule has 2 aromatic rings. The van der Waals surface area contributed by atoms with Crippen molar-refractivity contribution >= 4 is 23.0 Å². The highest BCUT2D eigenvalue weighted by atomic mass is 19.1. The molecule has 1 aliphatic carbocycles. The maximum Gasteiger partial charge on any atom is 0.511 e. The van der Waals surface area contributed by atoms with Crippen LogP contribution in [-0.4, -0.2) is 20.8 Å². The predicted octanol–water partition coefficient (Wildman–Crippen LogP) is 1.51.